The first kappa shape index (κ1) is 21.7. The van der Waals surface area contributed by atoms with Crippen LogP contribution in [-0.2, 0) is 4.79 Å². The monoisotopic (exact) mass is 466 g/mol. The van der Waals surface area contributed by atoms with Crippen LogP contribution in [0.1, 0.15) is 34.2 Å². The van der Waals surface area contributed by atoms with Crippen molar-refractivity contribution in [3.05, 3.63) is 98.4 Å². The van der Waals surface area contributed by atoms with Crippen molar-refractivity contribution in [2.24, 2.45) is 0 Å². The third-order valence-electron chi connectivity index (χ3n) is 4.92. The molecule has 0 aliphatic heterocycles. The Morgan fingerprint density at radius 2 is 1.81 bits per heavy atom. The molecule has 9 heteroatoms. The fourth-order valence-corrected chi connectivity index (χ4v) is 4.34. The van der Waals surface area contributed by atoms with E-state index in [1.54, 1.807) is 42.6 Å². The minimum Gasteiger partial charge on any atom is -0.345 e. The van der Waals surface area contributed by atoms with Crippen molar-refractivity contribution in [3.8, 4) is 0 Å². The lowest BCUT2D eigenvalue weighted by atomic mass is 10.0. The molecule has 0 bridgehead atoms. The number of carbonyl (C=O) groups excluding carboxylic acids is 2. The maximum absolute atomic E-state index is 12.9. The zero-order chi connectivity index (χ0) is 22.7. The predicted molar refractivity (Wildman–Crippen MR) is 126 cm³/mol. The van der Waals surface area contributed by atoms with Gasteiger partial charge in [0.1, 0.15) is 10.7 Å². The second-order valence-corrected chi connectivity index (χ2v) is 8.40. The number of halogens is 1. The summed E-state index contributed by atoms with van der Waals surface area (Å²) in [6.45, 7) is 1.65. The Morgan fingerprint density at radius 3 is 2.56 bits per heavy atom. The van der Waals surface area contributed by atoms with Crippen molar-refractivity contribution < 1.29 is 9.59 Å². The second-order valence-electron chi connectivity index (χ2n) is 7.09. The highest BCUT2D eigenvalue weighted by molar-refractivity contribution is 7.16. The fourth-order valence-electron chi connectivity index (χ4n) is 3.32. The van der Waals surface area contributed by atoms with Gasteiger partial charge in [0.15, 0.2) is 0 Å². The van der Waals surface area contributed by atoms with Crippen molar-refractivity contribution in [1.29, 1.82) is 0 Å². The number of hydrogen-bond acceptors (Lipinski definition) is 5. The molecule has 0 saturated heterocycles. The lowest BCUT2D eigenvalue weighted by Gasteiger charge is -2.20. The van der Waals surface area contributed by atoms with Gasteiger partial charge in [-0.3, -0.25) is 19.8 Å². The number of aryl methyl sites for hydroxylation is 1. The largest absolute Gasteiger partial charge is 0.345 e. The van der Waals surface area contributed by atoms with Gasteiger partial charge in [-0.25, -0.2) is 9.66 Å². The molecular weight excluding hydrogens is 448 g/mol. The highest BCUT2D eigenvalue weighted by Gasteiger charge is 2.21. The molecule has 2 heterocycles. The summed E-state index contributed by atoms with van der Waals surface area (Å²) < 4.78 is 1.13. The summed E-state index contributed by atoms with van der Waals surface area (Å²) >= 11 is 7.51. The molecule has 0 fully saturated rings. The molecule has 0 saturated carbocycles. The Bertz CT molecular complexity index is 1350. The first-order valence-electron chi connectivity index (χ1n) is 9.81. The molecule has 0 aliphatic rings. The van der Waals surface area contributed by atoms with Crippen LogP contribution in [0.2, 0.25) is 5.02 Å². The summed E-state index contributed by atoms with van der Waals surface area (Å²) in [6.07, 6.45) is -0.0895. The zero-order valence-corrected chi connectivity index (χ0v) is 18.6. The van der Waals surface area contributed by atoms with Crippen LogP contribution in [0.4, 0.5) is 0 Å². The zero-order valence-electron chi connectivity index (χ0n) is 17.0. The van der Waals surface area contributed by atoms with Crippen LogP contribution in [0, 0.1) is 6.92 Å². The second kappa shape index (κ2) is 9.33. The Labute approximate surface area is 192 Å². The van der Waals surface area contributed by atoms with Gasteiger partial charge in [0.25, 0.3) is 11.5 Å². The van der Waals surface area contributed by atoms with Gasteiger partial charge in [0.05, 0.1) is 28.4 Å². The van der Waals surface area contributed by atoms with Crippen molar-refractivity contribution in [2.75, 3.05) is 5.43 Å². The number of rotatable bonds is 6. The molecule has 0 radical (unpaired) electrons. The standard InChI is InChI=1S/C23H19ClN4O3S/c1-14-25-22-17(11-12-32-22)23(31)28(14)27-20(29)13-19(15-7-3-2-4-8-15)26-21(30)16-9-5-6-10-18(16)24/h2-12,19H,13H2,1H3,(H,26,30)(H,27,29). The van der Waals surface area contributed by atoms with E-state index in [2.05, 4.69) is 15.7 Å². The smallest absolute Gasteiger partial charge is 0.281 e. The molecule has 2 aromatic heterocycles. The highest BCUT2D eigenvalue weighted by atomic mass is 35.5. The molecule has 1 unspecified atom stereocenters. The average Bonchev–Trinajstić information content (AvgIpc) is 3.25. The third kappa shape index (κ3) is 4.56. The van der Waals surface area contributed by atoms with Crippen molar-refractivity contribution in [2.45, 2.75) is 19.4 Å². The number of thiophene rings is 1. The Morgan fingerprint density at radius 1 is 1.09 bits per heavy atom. The summed E-state index contributed by atoms with van der Waals surface area (Å²) in [7, 11) is 0. The Balaban J connectivity index is 1.58. The van der Waals surface area contributed by atoms with Crippen molar-refractivity contribution >= 4 is 45.0 Å². The van der Waals surface area contributed by atoms with Gasteiger partial charge < -0.3 is 5.32 Å². The van der Waals surface area contributed by atoms with Crippen LogP contribution in [0.5, 0.6) is 0 Å². The van der Waals surface area contributed by atoms with Gasteiger partial charge in [-0.15, -0.1) is 11.3 Å². The minimum atomic E-state index is -0.631. The van der Waals surface area contributed by atoms with Gasteiger partial charge in [-0.1, -0.05) is 54.1 Å². The quantitative estimate of drug-likeness (QED) is 0.448. The summed E-state index contributed by atoms with van der Waals surface area (Å²) in [5.74, 6) is -0.471. The van der Waals surface area contributed by atoms with Crippen molar-refractivity contribution in [1.82, 2.24) is 15.0 Å². The van der Waals surface area contributed by atoms with E-state index in [9.17, 15) is 14.4 Å². The van der Waals surface area contributed by atoms with E-state index in [-0.39, 0.29) is 12.0 Å². The molecule has 7 nitrogen and oxygen atoms in total. The molecule has 2 N–H and O–H groups in total. The summed E-state index contributed by atoms with van der Waals surface area (Å²) in [4.78, 5) is 43.4. The lowest BCUT2D eigenvalue weighted by Crippen LogP contribution is -2.38. The van der Waals surface area contributed by atoms with E-state index >= 15 is 0 Å². The third-order valence-corrected chi connectivity index (χ3v) is 6.05. The Hall–Kier alpha value is -3.49. The number of carbonyl (C=O) groups is 2. The van der Waals surface area contributed by atoms with E-state index in [0.717, 1.165) is 10.2 Å². The van der Waals surface area contributed by atoms with E-state index in [1.807, 2.05) is 30.3 Å². The fraction of sp³-hybridized carbons (Fsp3) is 0.130. The number of benzene rings is 2. The van der Waals surface area contributed by atoms with Crippen LogP contribution in [-0.4, -0.2) is 21.5 Å². The van der Waals surface area contributed by atoms with Gasteiger partial charge in [-0.2, -0.15) is 0 Å². The van der Waals surface area contributed by atoms with Gasteiger partial charge in [-0.05, 0) is 36.1 Å². The first-order valence-corrected chi connectivity index (χ1v) is 11.1. The number of fused-ring (bicyclic) bond motifs is 1. The number of nitrogens with one attached hydrogen (secondary N) is 2. The molecule has 4 rings (SSSR count). The highest BCUT2D eigenvalue weighted by Crippen LogP contribution is 2.21. The van der Waals surface area contributed by atoms with E-state index in [4.69, 9.17) is 11.6 Å². The number of hydrogen-bond donors (Lipinski definition) is 2. The number of aromatic nitrogens is 2. The van der Waals surface area contributed by atoms with Crippen molar-refractivity contribution in [3.63, 3.8) is 0 Å². The maximum atomic E-state index is 12.9. The SMILES string of the molecule is Cc1nc2sccc2c(=O)n1NC(=O)CC(NC(=O)c1ccccc1Cl)c1ccccc1. The van der Waals surface area contributed by atoms with E-state index in [0.29, 0.717) is 26.6 Å². The molecule has 162 valence electrons. The average molecular weight is 467 g/mol. The molecular formula is C23H19ClN4O3S. The topological polar surface area (TPSA) is 93.1 Å². The Kier molecular flexibility index (Phi) is 6.34. The van der Waals surface area contributed by atoms with Crippen LogP contribution in [0.3, 0.4) is 0 Å². The van der Waals surface area contributed by atoms with E-state index in [1.165, 1.54) is 11.3 Å². The molecule has 0 spiro atoms. The summed E-state index contributed by atoms with van der Waals surface area (Å²) in [5, 5.41) is 5.41. The summed E-state index contributed by atoms with van der Waals surface area (Å²) in [6, 6.07) is 16.9. The van der Waals surface area contributed by atoms with Gasteiger partial charge >= 0.3 is 0 Å². The molecule has 0 aliphatic carbocycles. The normalized spacial score (nSPS) is 11.8. The van der Waals surface area contributed by atoms with Crippen LogP contribution >= 0.6 is 22.9 Å². The molecule has 32 heavy (non-hydrogen) atoms. The molecule has 1 atom stereocenters. The number of amides is 2. The van der Waals surface area contributed by atoms with Crippen LogP contribution in [0.25, 0.3) is 10.2 Å². The first-order chi connectivity index (χ1) is 15.4. The van der Waals surface area contributed by atoms with Gasteiger partial charge in [0.2, 0.25) is 5.91 Å². The van der Waals surface area contributed by atoms with E-state index < -0.39 is 17.9 Å². The summed E-state index contributed by atoms with van der Waals surface area (Å²) in [5.41, 5.74) is 3.33. The van der Waals surface area contributed by atoms with Crippen LogP contribution in [0.15, 0.2) is 70.8 Å². The minimum absolute atomic E-state index is 0.0895. The van der Waals surface area contributed by atoms with Crippen LogP contribution < -0.4 is 16.3 Å². The predicted octanol–water partition coefficient (Wildman–Crippen LogP) is 4.05. The molecule has 2 aromatic carbocycles. The molecule has 2 amide bonds. The lowest BCUT2D eigenvalue weighted by molar-refractivity contribution is -0.117. The number of nitrogens with zero attached hydrogens (tertiary/aromatic N) is 2. The van der Waals surface area contributed by atoms with Gasteiger partial charge in [0, 0.05) is 0 Å². The molecule has 4 aromatic rings. The maximum Gasteiger partial charge on any atom is 0.281 e.